The smallest absolute Gasteiger partial charge is 0.127 e. The summed E-state index contributed by atoms with van der Waals surface area (Å²) in [5, 5.41) is 0.382. The standard InChI is InChI=1S/C15H14BrClFN/c1-9-6-12(13(17)8-14(9)18)15(19)7-10-2-4-11(16)5-3-10/h2-6,8,15H,7,19H2,1H3. The Balaban J connectivity index is 2.22. The van der Waals surface area contributed by atoms with Crippen LogP contribution in [0, 0.1) is 12.7 Å². The van der Waals surface area contributed by atoms with Crippen LogP contribution in [0.2, 0.25) is 5.02 Å². The number of hydrogen-bond acceptors (Lipinski definition) is 1. The van der Waals surface area contributed by atoms with Gasteiger partial charge in [-0.25, -0.2) is 4.39 Å². The number of benzene rings is 2. The van der Waals surface area contributed by atoms with Crippen LogP contribution in [0.15, 0.2) is 40.9 Å². The molecule has 0 fully saturated rings. The number of rotatable bonds is 3. The van der Waals surface area contributed by atoms with Crippen LogP contribution in [0.5, 0.6) is 0 Å². The van der Waals surface area contributed by atoms with Crippen molar-refractivity contribution >= 4 is 27.5 Å². The molecule has 0 heterocycles. The molecule has 0 bridgehead atoms. The van der Waals surface area contributed by atoms with Gasteiger partial charge in [0.1, 0.15) is 5.82 Å². The summed E-state index contributed by atoms with van der Waals surface area (Å²) in [5.41, 5.74) is 8.63. The summed E-state index contributed by atoms with van der Waals surface area (Å²) in [4.78, 5) is 0. The van der Waals surface area contributed by atoms with Crippen LogP contribution in [0.4, 0.5) is 4.39 Å². The molecule has 0 aromatic heterocycles. The van der Waals surface area contributed by atoms with E-state index in [1.807, 2.05) is 24.3 Å². The average Bonchev–Trinajstić information content (AvgIpc) is 2.36. The van der Waals surface area contributed by atoms with Gasteiger partial charge in [-0.3, -0.25) is 0 Å². The summed E-state index contributed by atoms with van der Waals surface area (Å²) < 4.78 is 14.4. The van der Waals surface area contributed by atoms with E-state index in [4.69, 9.17) is 17.3 Å². The fraction of sp³-hybridized carbons (Fsp3) is 0.200. The Labute approximate surface area is 125 Å². The average molecular weight is 343 g/mol. The summed E-state index contributed by atoms with van der Waals surface area (Å²) >= 11 is 9.45. The number of hydrogen-bond donors (Lipinski definition) is 1. The van der Waals surface area contributed by atoms with Crippen molar-refractivity contribution in [3.63, 3.8) is 0 Å². The van der Waals surface area contributed by atoms with Gasteiger partial charge in [-0.05, 0) is 48.2 Å². The molecule has 4 heteroatoms. The zero-order valence-corrected chi connectivity index (χ0v) is 12.8. The summed E-state index contributed by atoms with van der Waals surface area (Å²) in [7, 11) is 0. The molecule has 2 rings (SSSR count). The van der Waals surface area contributed by atoms with Crippen LogP contribution in [-0.4, -0.2) is 0 Å². The Morgan fingerprint density at radius 1 is 1.26 bits per heavy atom. The molecule has 0 aliphatic rings. The second kappa shape index (κ2) is 6.04. The molecule has 0 aliphatic heterocycles. The molecule has 2 aromatic rings. The van der Waals surface area contributed by atoms with E-state index in [0.29, 0.717) is 17.0 Å². The topological polar surface area (TPSA) is 26.0 Å². The Hall–Kier alpha value is -0.900. The third-order valence-electron chi connectivity index (χ3n) is 3.05. The summed E-state index contributed by atoms with van der Waals surface area (Å²) in [6.45, 7) is 1.71. The monoisotopic (exact) mass is 341 g/mol. The van der Waals surface area contributed by atoms with Gasteiger partial charge in [0, 0.05) is 15.5 Å². The van der Waals surface area contributed by atoms with Gasteiger partial charge in [-0.15, -0.1) is 0 Å². The van der Waals surface area contributed by atoms with Crippen molar-refractivity contribution in [2.45, 2.75) is 19.4 Å². The molecular weight excluding hydrogens is 329 g/mol. The molecule has 100 valence electrons. The van der Waals surface area contributed by atoms with Gasteiger partial charge in [-0.2, -0.15) is 0 Å². The fourth-order valence-electron chi connectivity index (χ4n) is 1.95. The lowest BCUT2D eigenvalue weighted by Crippen LogP contribution is -2.14. The van der Waals surface area contributed by atoms with Crippen molar-refractivity contribution in [3.8, 4) is 0 Å². The predicted molar refractivity (Wildman–Crippen MR) is 80.9 cm³/mol. The van der Waals surface area contributed by atoms with E-state index in [1.165, 1.54) is 6.07 Å². The molecule has 0 radical (unpaired) electrons. The van der Waals surface area contributed by atoms with Crippen molar-refractivity contribution in [1.29, 1.82) is 0 Å². The van der Waals surface area contributed by atoms with Gasteiger partial charge in [0.05, 0.1) is 0 Å². The molecule has 1 atom stereocenters. The lowest BCUT2D eigenvalue weighted by Gasteiger charge is -2.15. The highest BCUT2D eigenvalue weighted by Gasteiger charge is 2.13. The predicted octanol–water partition coefficient (Wildman–Crippen LogP) is 4.79. The van der Waals surface area contributed by atoms with E-state index < -0.39 is 0 Å². The van der Waals surface area contributed by atoms with E-state index >= 15 is 0 Å². The Bertz CT molecular complexity index is 583. The molecule has 0 saturated heterocycles. The molecule has 19 heavy (non-hydrogen) atoms. The molecule has 2 N–H and O–H groups in total. The molecule has 0 amide bonds. The normalized spacial score (nSPS) is 12.5. The SMILES string of the molecule is Cc1cc(C(N)Cc2ccc(Br)cc2)c(Cl)cc1F. The minimum absolute atomic E-state index is 0.243. The van der Waals surface area contributed by atoms with Crippen molar-refractivity contribution in [2.24, 2.45) is 5.73 Å². The number of nitrogens with two attached hydrogens (primary N) is 1. The maximum absolute atomic E-state index is 13.4. The van der Waals surface area contributed by atoms with E-state index in [1.54, 1.807) is 13.0 Å². The summed E-state index contributed by atoms with van der Waals surface area (Å²) in [5.74, 6) is -0.301. The van der Waals surface area contributed by atoms with E-state index in [2.05, 4.69) is 15.9 Å². The first-order valence-electron chi connectivity index (χ1n) is 5.93. The largest absolute Gasteiger partial charge is 0.324 e. The first-order chi connectivity index (χ1) is 8.97. The molecule has 1 unspecified atom stereocenters. The highest BCUT2D eigenvalue weighted by atomic mass is 79.9. The van der Waals surface area contributed by atoms with Gasteiger partial charge in [-0.1, -0.05) is 45.7 Å². The minimum Gasteiger partial charge on any atom is -0.324 e. The Morgan fingerprint density at radius 2 is 1.89 bits per heavy atom. The number of halogens is 3. The van der Waals surface area contributed by atoms with E-state index in [9.17, 15) is 4.39 Å². The van der Waals surface area contributed by atoms with Crippen LogP contribution in [0.25, 0.3) is 0 Å². The molecule has 2 aromatic carbocycles. The second-order valence-corrected chi connectivity index (χ2v) is 5.88. The zero-order valence-electron chi connectivity index (χ0n) is 10.5. The van der Waals surface area contributed by atoms with Gasteiger partial charge >= 0.3 is 0 Å². The maximum Gasteiger partial charge on any atom is 0.127 e. The van der Waals surface area contributed by atoms with Crippen molar-refractivity contribution in [2.75, 3.05) is 0 Å². The number of aryl methyl sites for hydroxylation is 1. The lowest BCUT2D eigenvalue weighted by atomic mass is 9.98. The first-order valence-corrected chi connectivity index (χ1v) is 7.10. The highest BCUT2D eigenvalue weighted by Crippen LogP contribution is 2.27. The molecule has 0 saturated carbocycles. The molecule has 1 nitrogen and oxygen atoms in total. The zero-order chi connectivity index (χ0) is 14.0. The van der Waals surface area contributed by atoms with Crippen LogP contribution < -0.4 is 5.73 Å². The maximum atomic E-state index is 13.4. The van der Waals surface area contributed by atoms with Gasteiger partial charge < -0.3 is 5.73 Å². The van der Waals surface area contributed by atoms with Crippen molar-refractivity contribution in [1.82, 2.24) is 0 Å². The second-order valence-electron chi connectivity index (χ2n) is 4.56. The van der Waals surface area contributed by atoms with Crippen LogP contribution in [-0.2, 0) is 6.42 Å². The lowest BCUT2D eigenvalue weighted by molar-refractivity contribution is 0.615. The minimum atomic E-state index is -0.301. The van der Waals surface area contributed by atoms with Gasteiger partial charge in [0.25, 0.3) is 0 Å². The molecule has 0 spiro atoms. The van der Waals surface area contributed by atoms with E-state index in [0.717, 1.165) is 15.6 Å². The van der Waals surface area contributed by atoms with Crippen LogP contribution in [0.3, 0.4) is 0 Å². The molecule has 0 aliphatic carbocycles. The van der Waals surface area contributed by atoms with Gasteiger partial charge in [0.2, 0.25) is 0 Å². The first kappa shape index (κ1) is 14.5. The third-order valence-corrected chi connectivity index (χ3v) is 3.90. The third kappa shape index (κ3) is 3.56. The quantitative estimate of drug-likeness (QED) is 0.852. The van der Waals surface area contributed by atoms with Crippen molar-refractivity contribution < 1.29 is 4.39 Å². The highest BCUT2D eigenvalue weighted by molar-refractivity contribution is 9.10. The van der Waals surface area contributed by atoms with E-state index in [-0.39, 0.29) is 11.9 Å². The van der Waals surface area contributed by atoms with Gasteiger partial charge in [0.15, 0.2) is 0 Å². The molecular formula is C15H14BrClFN. The van der Waals surface area contributed by atoms with Crippen LogP contribution >= 0.6 is 27.5 Å². The Kier molecular flexibility index (Phi) is 4.61. The Morgan fingerprint density at radius 3 is 2.53 bits per heavy atom. The summed E-state index contributed by atoms with van der Waals surface area (Å²) in [6, 6.07) is 10.8. The summed E-state index contributed by atoms with van der Waals surface area (Å²) in [6.07, 6.45) is 0.665. The van der Waals surface area contributed by atoms with Crippen LogP contribution in [0.1, 0.15) is 22.7 Å². The fourth-order valence-corrected chi connectivity index (χ4v) is 2.50. The van der Waals surface area contributed by atoms with Crippen molar-refractivity contribution in [3.05, 3.63) is 68.4 Å².